The molecule has 0 heterocycles. The molecular formula is C11H14F3NO2S. The Morgan fingerprint density at radius 3 is 2.11 bits per heavy atom. The van der Waals surface area contributed by atoms with Crippen molar-refractivity contribution in [2.45, 2.75) is 24.0 Å². The highest BCUT2D eigenvalue weighted by molar-refractivity contribution is 7.90. The second kappa shape index (κ2) is 5.27. The maximum absolute atomic E-state index is 12.0. The molecule has 3 nitrogen and oxygen atoms in total. The molecule has 0 saturated carbocycles. The summed E-state index contributed by atoms with van der Waals surface area (Å²) in [7, 11) is -3.28. The number of alkyl halides is 3. The summed E-state index contributed by atoms with van der Waals surface area (Å²) < 4.78 is 58.4. The van der Waals surface area contributed by atoms with Crippen molar-refractivity contribution in [3.05, 3.63) is 29.8 Å². The summed E-state index contributed by atoms with van der Waals surface area (Å²) in [4.78, 5) is 0.147. The van der Waals surface area contributed by atoms with Gasteiger partial charge in [0.05, 0.1) is 11.4 Å². The van der Waals surface area contributed by atoms with E-state index in [2.05, 4.69) is 5.32 Å². The molecule has 1 aromatic rings. The van der Waals surface area contributed by atoms with Crippen LogP contribution in [0.4, 0.5) is 13.2 Å². The van der Waals surface area contributed by atoms with Crippen molar-refractivity contribution in [3.63, 3.8) is 0 Å². The Kier molecular flexibility index (Phi) is 4.39. The van der Waals surface area contributed by atoms with Gasteiger partial charge in [0, 0.05) is 12.3 Å². The normalized spacial score (nSPS) is 14.5. The summed E-state index contributed by atoms with van der Waals surface area (Å²) in [6.07, 6.45) is -3.19. The summed E-state index contributed by atoms with van der Waals surface area (Å²) in [5, 5.41) is 2.32. The first-order valence-electron chi connectivity index (χ1n) is 5.20. The van der Waals surface area contributed by atoms with Crippen LogP contribution >= 0.6 is 0 Å². The molecule has 0 aromatic heterocycles. The Labute approximate surface area is 104 Å². The lowest BCUT2D eigenvalue weighted by atomic mass is 10.1. The summed E-state index contributed by atoms with van der Waals surface area (Å²) in [5.41, 5.74) is 0.603. The Morgan fingerprint density at radius 2 is 1.72 bits per heavy atom. The number of rotatable bonds is 4. The van der Waals surface area contributed by atoms with E-state index in [-0.39, 0.29) is 4.90 Å². The Hall–Kier alpha value is -1.08. The van der Waals surface area contributed by atoms with Crippen LogP contribution in [0.2, 0.25) is 0 Å². The van der Waals surface area contributed by atoms with Crippen LogP contribution in [0, 0.1) is 0 Å². The third-order valence-electron chi connectivity index (χ3n) is 2.42. The van der Waals surface area contributed by atoms with Gasteiger partial charge >= 0.3 is 6.18 Å². The van der Waals surface area contributed by atoms with Crippen LogP contribution in [0.15, 0.2) is 29.2 Å². The van der Waals surface area contributed by atoms with Crippen molar-refractivity contribution in [2.75, 3.05) is 12.8 Å². The van der Waals surface area contributed by atoms with Crippen LogP contribution in [-0.4, -0.2) is 27.4 Å². The minimum Gasteiger partial charge on any atom is -0.302 e. The van der Waals surface area contributed by atoms with Crippen molar-refractivity contribution in [2.24, 2.45) is 0 Å². The van der Waals surface area contributed by atoms with Gasteiger partial charge in [-0.05, 0) is 24.6 Å². The second-order valence-electron chi connectivity index (χ2n) is 4.06. The molecule has 1 unspecified atom stereocenters. The first kappa shape index (κ1) is 15.0. The van der Waals surface area contributed by atoms with E-state index >= 15 is 0 Å². The average Bonchev–Trinajstić information content (AvgIpc) is 2.24. The van der Waals surface area contributed by atoms with Crippen molar-refractivity contribution >= 4 is 9.84 Å². The monoisotopic (exact) mass is 281 g/mol. The van der Waals surface area contributed by atoms with Gasteiger partial charge in [0.15, 0.2) is 9.84 Å². The molecule has 102 valence electrons. The highest BCUT2D eigenvalue weighted by Crippen LogP contribution is 2.18. The zero-order chi connectivity index (χ0) is 14.0. The van der Waals surface area contributed by atoms with Crippen LogP contribution in [-0.2, 0) is 9.84 Å². The van der Waals surface area contributed by atoms with Crippen LogP contribution in [0.3, 0.4) is 0 Å². The predicted octanol–water partition coefficient (Wildman–Crippen LogP) is 2.30. The third kappa shape index (κ3) is 4.66. The van der Waals surface area contributed by atoms with Gasteiger partial charge in [-0.3, -0.25) is 0 Å². The molecule has 0 spiro atoms. The standard InChI is InChI=1S/C11H14F3NO2S/c1-8(15-7-11(12,13)14)9-3-5-10(6-4-9)18(2,16)17/h3-6,8,15H,7H2,1-2H3. The number of hydrogen-bond donors (Lipinski definition) is 1. The molecule has 0 aliphatic heterocycles. The molecule has 18 heavy (non-hydrogen) atoms. The van der Waals surface area contributed by atoms with Crippen molar-refractivity contribution in [1.29, 1.82) is 0 Å². The van der Waals surface area contributed by atoms with E-state index < -0.39 is 28.6 Å². The van der Waals surface area contributed by atoms with Crippen LogP contribution in [0.5, 0.6) is 0 Å². The molecule has 1 rings (SSSR count). The van der Waals surface area contributed by atoms with Gasteiger partial charge in [-0.1, -0.05) is 12.1 Å². The molecule has 0 aliphatic carbocycles. The van der Waals surface area contributed by atoms with Gasteiger partial charge in [-0.25, -0.2) is 8.42 Å². The fourth-order valence-electron chi connectivity index (χ4n) is 1.39. The lowest BCUT2D eigenvalue weighted by molar-refractivity contribution is -0.126. The van der Waals surface area contributed by atoms with E-state index in [1.54, 1.807) is 6.92 Å². The van der Waals surface area contributed by atoms with Gasteiger partial charge in [-0.15, -0.1) is 0 Å². The molecule has 1 aromatic carbocycles. The summed E-state index contributed by atoms with van der Waals surface area (Å²) in [5.74, 6) is 0. The van der Waals surface area contributed by atoms with Gasteiger partial charge in [0.25, 0.3) is 0 Å². The largest absolute Gasteiger partial charge is 0.401 e. The SMILES string of the molecule is CC(NCC(F)(F)F)c1ccc(S(C)(=O)=O)cc1. The number of hydrogen-bond acceptors (Lipinski definition) is 3. The zero-order valence-corrected chi connectivity index (χ0v) is 10.8. The molecule has 1 atom stereocenters. The molecule has 7 heteroatoms. The number of nitrogens with one attached hydrogen (secondary N) is 1. The molecular weight excluding hydrogens is 267 g/mol. The van der Waals surface area contributed by atoms with Gasteiger partial charge in [0.2, 0.25) is 0 Å². The fourth-order valence-corrected chi connectivity index (χ4v) is 2.02. The Balaban J connectivity index is 2.74. The van der Waals surface area contributed by atoms with E-state index in [9.17, 15) is 21.6 Å². The smallest absolute Gasteiger partial charge is 0.302 e. The van der Waals surface area contributed by atoms with E-state index in [1.807, 2.05) is 0 Å². The topological polar surface area (TPSA) is 46.2 Å². The first-order chi connectivity index (χ1) is 8.09. The fraction of sp³-hybridized carbons (Fsp3) is 0.455. The number of halogens is 3. The van der Waals surface area contributed by atoms with Crippen LogP contribution < -0.4 is 5.32 Å². The van der Waals surface area contributed by atoms with Crippen molar-refractivity contribution < 1.29 is 21.6 Å². The second-order valence-corrected chi connectivity index (χ2v) is 6.07. The van der Waals surface area contributed by atoms with Gasteiger partial charge < -0.3 is 5.32 Å². The minimum absolute atomic E-state index is 0.147. The molecule has 0 radical (unpaired) electrons. The summed E-state index contributed by atoms with van der Waals surface area (Å²) in [6.45, 7) is 0.503. The Morgan fingerprint density at radius 1 is 1.22 bits per heavy atom. The Bertz CT molecular complexity index is 494. The van der Waals surface area contributed by atoms with E-state index in [0.29, 0.717) is 5.56 Å². The van der Waals surface area contributed by atoms with E-state index in [4.69, 9.17) is 0 Å². The predicted molar refractivity (Wildman–Crippen MR) is 62.0 cm³/mol. The van der Waals surface area contributed by atoms with Gasteiger partial charge in [-0.2, -0.15) is 13.2 Å². The van der Waals surface area contributed by atoms with Crippen molar-refractivity contribution in [1.82, 2.24) is 5.32 Å². The highest BCUT2D eigenvalue weighted by atomic mass is 32.2. The van der Waals surface area contributed by atoms with Crippen LogP contribution in [0.25, 0.3) is 0 Å². The minimum atomic E-state index is -4.26. The lowest BCUT2D eigenvalue weighted by Crippen LogP contribution is -2.30. The number of benzene rings is 1. The van der Waals surface area contributed by atoms with Crippen molar-refractivity contribution in [3.8, 4) is 0 Å². The molecule has 0 amide bonds. The average molecular weight is 281 g/mol. The quantitative estimate of drug-likeness (QED) is 0.921. The third-order valence-corrected chi connectivity index (χ3v) is 3.55. The molecule has 0 bridgehead atoms. The molecule has 0 aliphatic rings. The number of sulfone groups is 1. The summed E-state index contributed by atoms with van der Waals surface area (Å²) >= 11 is 0. The zero-order valence-electron chi connectivity index (χ0n) is 9.95. The van der Waals surface area contributed by atoms with E-state index in [1.165, 1.54) is 24.3 Å². The molecule has 0 saturated heterocycles. The first-order valence-corrected chi connectivity index (χ1v) is 7.09. The maximum Gasteiger partial charge on any atom is 0.401 e. The van der Waals surface area contributed by atoms with E-state index in [0.717, 1.165) is 6.26 Å². The maximum atomic E-state index is 12.0. The molecule has 0 fully saturated rings. The lowest BCUT2D eigenvalue weighted by Gasteiger charge is -2.16. The van der Waals surface area contributed by atoms with Crippen LogP contribution in [0.1, 0.15) is 18.5 Å². The highest BCUT2D eigenvalue weighted by Gasteiger charge is 2.27. The van der Waals surface area contributed by atoms with Gasteiger partial charge in [0.1, 0.15) is 0 Å². The summed E-state index contributed by atoms with van der Waals surface area (Å²) in [6, 6.07) is 5.28. The molecule has 1 N–H and O–H groups in total.